The lowest BCUT2D eigenvalue weighted by Gasteiger charge is -2.25. The van der Waals surface area contributed by atoms with Crippen molar-refractivity contribution in [3.8, 4) is 11.5 Å². The Hall–Kier alpha value is -2.57. The second kappa shape index (κ2) is 10.6. The highest BCUT2D eigenvalue weighted by Gasteiger charge is 2.48. The smallest absolute Gasteiger partial charge is 0.243 e. The van der Waals surface area contributed by atoms with Gasteiger partial charge in [0.25, 0.3) is 0 Å². The summed E-state index contributed by atoms with van der Waals surface area (Å²) in [6, 6.07) is 5.66. The van der Waals surface area contributed by atoms with Gasteiger partial charge < -0.3 is 14.4 Å². The number of methoxy groups -OCH3 is 1. The van der Waals surface area contributed by atoms with Gasteiger partial charge in [-0.3, -0.25) is 19.3 Å². The number of carbonyl (C=O) groups is 3. The second-order valence-electron chi connectivity index (χ2n) is 8.41. The number of benzene rings is 1. The summed E-state index contributed by atoms with van der Waals surface area (Å²) in [5.41, 5.74) is 0.912. The van der Waals surface area contributed by atoms with Gasteiger partial charge in [-0.25, -0.2) is 0 Å². The molecule has 1 aliphatic heterocycles. The van der Waals surface area contributed by atoms with Crippen molar-refractivity contribution < 1.29 is 23.9 Å². The third-order valence-corrected chi connectivity index (χ3v) is 6.14. The van der Waals surface area contributed by atoms with Gasteiger partial charge in [0.05, 0.1) is 25.6 Å². The fourth-order valence-corrected chi connectivity index (χ4v) is 4.55. The van der Waals surface area contributed by atoms with E-state index in [9.17, 15) is 14.4 Å². The van der Waals surface area contributed by atoms with Crippen LogP contribution in [-0.4, -0.2) is 54.3 Å². The minimum atomic E-state index is -0.228. The van der Waals surface area contributed by atoms with Crippen LogP contribution >= 0.6 is 0 Å². The van der Waals surface area contributed by atoms with E-state index in [4.69, 9.17) is 9.47 Å². The summed E-state index contributed by atoms with van der Waals surface area (Å²) in [5.74, 6) is 0.313. The summed E-state index contributed by atoms with van der Waals surface area (Å²) >= 11 is 0. The summed E-state index contributed by atoms with van der Waals surface area (Å²) in [7, 11) is 1.59. The molecule has 1 aromatic carbocycles. The summed E-state index contributed by atoms with van der Waals surface area (Å²) < 4.78 is 11.2. The summed E-state index contributed by atoms with van der Waals surface area (Å²) in [6.45, 7) is 5.43. The molecule has 0 bridgehead atoms. The Labute approximate surface area is 184 Å². The van der Waals surface area contributed by atoms with Crippen LogP contribution in [0.5, 0.6) is 11.5 Å². The minimum Gasteiger partial charge on any atom is -0.493 e. The lowest BCUT2D eigenvalue weighted by Crippen LogP contribution is -2.43. The van der Waals surface area contributed by atoms with E-state index >= 15 is 0 Å². The quantitative estimate of drug-likeness (QED) is 0.532. The average molecular weight is 431 g/mol. The monoisotopic (exact) mass is 430 g/mol. The molecule has 1 saturated heterocycles. The number of rotatable bonds is 10. The van der Waals surface area contributed by atoms with E-state index in [0.717, 1.165) is 44.1 Å². The van der Waals surface area contributed by atoms with Crippen LogP contribution in [-0.2, 0) is 20.9 Å². The molecule has 1 aromatic rings. The van der Waals surface area contributed by atoms with E-state index in [1.807, 2.05) is 32.0 Å². The van der Waals surface area contributed by atoms with Crippen molar-refractivity contribution in [2.45, 2.75) is 58.9 Å². The molecule has 2 unspecified atom stereocenters. The topological polar surface area (TPSA) is 76.2 Å². The first-order valence-electron chi connectivity index (χ1n) is 11.4. The molecule has 0 aromatic heterocycles. The molecule has 1 saturated carbocycles. The largest absolute Gasteiger partial charge is 0.493 e. The molecule has 2 aliphatic rings. The third-order valence-electron chi connectivity index (χ3n) is 6.14. The zero-order valence-corrected chi connectivity index (χ0v) is 18.9. The first kappa shape index (κ1) is 23.1. The second-order valence-corrected chi connectivity index (χ2v) is 8.41. The van der Waals surface area contributed by atoms with Crippen LogP contribution in [0, 0.1) is 11.8 Å². The average Bonchev–Trinajstić information content (AvgIpc) is 3.02. The molecule has 0 N–H and O–H groups in total. The molecule has 0 radical (unpaired) electrons. The highest BCUT2D eigenvalue weighted by Crippen LogP contribution is 2.38. The number of nitrogens with zero attached hydrogens (tertiary/aromatic N) is 2. The molecule has 1 aliphatic carbocycles. The lowest BCUT2D eigenvalue weighted by molar-refractivity contribution is -0.146. The van der Waals surface area contributed by atoms with Gasteiger partial charge in [-0.1, -0.05) is 32.8 Å². The van der Waals surface area contributed by atoms with Crippen molar-refractivity contribution >= 4 is 17.7 Å². The Morgan fingerprint density at radius 2 is 1.74 bits per heavy atom. The maximum absolute atomic E-state index is 13.1. The number of carbonyl (C=O) groups excluding carboxylic acids is 3. The van der Waals surface area contributed by atoms with Crippen LogP contribution < -0.4 is 9.47 Å². The lowest BCUT2D eigenvalue weighted by atomic mass is 9.81. The number of amides is 3. The Morgan fingerprint density at radius 3 is 2.32 bits per heavy atom. The molecule has 7 nitrogen and oxygen atoms in total. The van der Waals surface area contributed by atoms with Crippen molar-refractivity contribution in [3.05, 3.63) is 23.8 Å². The van der Waals surface area contributed by atoms with Crippen LogP contribution in [0.25, 0.3) is 0 Å². The number of imide groups is 1. The van der Waals surface area contributed by atoms with Gasteiger partial charge in [0, 0.05) is 13.1 Å². The fraction of sp³-hybridized carbons (Fsp3) is 0.625. The van der Waals surface area contributed by atoms with Crippen LogP contribution in [0.2, 0.25) is 0 Å². The predicted molar refractivity (Wildman–Crippen MR) is 117 cm³/mol. The first-order chi connectivity index (χ1) is 15.0. The molecule has 1 heterocycles. The van der Waals surface area contributed by atoms with E-state index in [1.165, 1.54) is 4.90 Å². The van der Waals surface area contributed by atoms with Crippen molar-refractivity contribution in [1.29, 1.82) is 0 Å². The standard InChI is InChI=1S/C24H34N2O5/c1-4-12-25(15-17-10-11-20(31-13-5-2)21(14-17)30-3)22(27)16-26-23(28)18-8-6-7-9-19(18)24(26)29/h10-11,14,18-19H,4-9,12-13,15-16H2,1-3H3. The molecule has 2 fully saturated rings. The van der Waals surface area contributed by atoms with Crippen molar-refractivity contribution in [2.24, 2.45) is 11.8 Å². The maximum Gasteiger partial charge on any atom is 0.243 e. The highest BCUT2D eigenvalue weighted by atomic mass is 16.5. The summed E-state index contributed by atoms with van der Waals surface area (Å²) in [5, 5.41) is 0. The number of likely N-dealkylation sites (tertiary alicyclic amines) is 1. The van der Waals surface area contributed by atoms with E-state index in [0.29, 0.717) is 31.2 Å². The number of hydrogen-bond donors (Lipinski definition) is 0. The van der Waals surface area contributed by atoms with Gasteiger partial charge in [0.15, 0.2) is 11.5 Å². The highest BCUT2D eigenvalue weighted by molar-refractivity contribution is 6.07. The molecule has 0 spiro atoms. The number of ether oxygens (including phenoxy) is 2. The van der Waals surface area contributed by atoms with E-state index in [1.54, 1.807) is 12.0 Å². The molecule has 7 heteroatoms. The molecule has 2 atom stereocenters. The zero-order valence-electron chi connectivity index (χ0n) is 18.9. The summed E-state index contributed by atoms with van der Waals surface area (Å²) in [4.78, 5) is 41.5. The Balaban J connectivity index is 1.69. The van der Waals surface area contributed by atoms with Crippen molar-refractivity contribution in [3.63, 3.8) is 0 Å². The van der Waals surface area contributed by atoms with Gasteiger partial charge in [-0.15, -0.1) is 0 Å². The molecular weight excluding hydrogens is 396 g/mol. The van der Waals surface area contributed by atoms with Crippen molar-refractivity contribution in [1.82, 2.24) is 9.80 Å². The predicted octanol–water partition coefficient (Wildman–Crippen LogP) is 3.40. The van der Waals surface area contributed by atoms with Crippen molar-refractivity contribution in [2.75, 3.05) is 26.8 Å². The van der Waals surface area contributed by atoms with E-state index in [-0.39, 0.29) is 36.1 Å². The van der Waals surface area contributed by atoms with Gasteiger partial charge >= 0.3 is 0 Å². The van der Waals surface area contributed by atoms with Gasteiger partial charge in [0.2, 0.25) is 17.7 Å². The maximum atomic E-state index is 13.1. The van der Waals surface area contributed by atoms with Gasteiger partial charge in [-0.05, 0) is 43.4 Å². The summed E-state index contributed by atoms with van der Waals surface area (Å²) in [6.07, 6.45) is 5.15. The SMILES string of the molecule is CCCOc1ccc(CN(CCC)C(=O)CN2C(=O)C3CCCCC3C2=O)cc1OC. The van der Waals surface area contributed by atoms with Crippen LogP contribution in [0.4, 0.5) is 0 Å². The zero-order chi connectivity index (χ0) is 22.4. The Kier molecular flexibility index (Phi) is 7.93. The van der Waals surface area contributed by atoms with Gasteiger partial charge in [-0.2, -0.15) is 0 Å². The minimum absolute atomic E-state index is 0.167. The van der Waals surface area contributed by atoms with E-state index < -0.39 is 0 Å². The first-order valence-corrected chi connectivity index (χ1v) is 11.4. The molecule has 170 valence electrons. The van der Waals surface area contributed by atoms with Crippen LogP contribution in [0.1, 0.15) is 57.9 Å². The van der Waals surface area contributed by atoms with Crippen LogP contribution in [0.3, 0.4) is 0 Å². The fourth-order valence-electron chi connectivity index (χ4n) is 4.55. The molecule has 31 heavy (non-hydrogen) atoms. The molecule has 3 rings (SSSR count). The number of fused-ring (bicyclic) bond motifs is 1. The Morgan fingerprint density at radius 1 is 1.06 bits per heavy atom. The van der Waals surface area contributed by atoms with Gasteiger partial charge in [0.1, 0.15) is 6.54 Å². The molecule has 3 amide bonds. The van der Waals surface area contributed by atoms with E-state index in [2.05, 4.69) is 0 Å². The van der Waals surface area contributed by atoms with Crippen LogP contribution in [0.15, 0.2) is 18.2 Å². The number of hydrogen-bond acceptors (Lipinski definition) is 5. The third kappa shape index (κ3) is 5.20. The Bertz CT molecular complexity index is 785. The normalized spacial score (nSPS) is 20.5. The molecular formula is C24H34N2O5.